The molecule has 2 fully saturated rings. The molecule has 3 aromatic heterocycles. The highest BCUT2D eigenvalue weighted by molar-refractivity contribution is 5.89. The lowest BCUT2D eigenvalue weighted by Gasteiger charge is -2.31. The van der Waals surface area contributed by atoms with E-state index in [0.717, 1.165) is 74.1 Å². The second-order valence-electron chi connectivity index (χ2n) is 9.65. The number of imidazole rings is 1. The fraction of sp³-hybridized carbons (Fsp3) is 0.462. The van der Waals surface area contributed by atoms with Gasteiger partial charge in [0.05, 0.1) is 19.4 Å². The van der Waals surface area contributed by atoms with Crippen molar-refractivity contribution < 1.29 is 9.47 Å². The van der Waals surface area contributed by atoms with Gasteiger partial charge in [-0.3, -0.25) is 9.13 Å². The van der Waals surface area contributed by atoms with E-state index in [1.807, 2.05) is 6.07 Å². The van der Waals surface area contributed by atoms with Gasteiger partial charge in [-0.05, 0) is 43.2 Å². The Morgan fingerprint density at radius 1 is 1.03 bits per heavy atom. The SMILES string of the molecule is Cn1c(=O)n(C)c2nc(NC3CCC(Oc4nc(N5CCOCC5)cc5ccccc45)CC3)ncc21. The zero-order valence-electron chi connectivity index (χ0n) is 20.7. The van der Waals surface area contributed by atoms with Crippen LogP contribution in [0, 0.1) is 0 Å². The van der Waals surface area contributed by atoms with E-state index >= 15 is 0 Å². The molecule has 4 aromatic rings. The number of aromatic nitrogens is 5. The minimum Gasteiger partial charge on any atom is -0.474 e. The summed E-state index contributed by atoms with van der Waals surface area (Å²) in [4.78, 5) is 28.4. The van der Waals surface area contributed by atoms with Crippen molar-refractivity contribution in [3.05, 3.63) is 47.0 Å². The van der Waals surface area contributed by atoms with Crippen LogP contribution < -0.4 is 20.6 Å². The van der Waals surface area contributed by atoms with Crippen molar-refractivity contribution in [3.63, 3.8) is 0 Å². The third-order valence-corrected chi connectivity index (χ3v) is 7.32. The maximum atomic E-state index is 12.2. The number of nitrogens with one attached hydrogen (secondary N) is 1. The van der Waals surface area contributed by atoms with Crippen LogP contribution in [0.2, 0.25) is 0 Å². The number of pyridine rings is 1. The van der Waals surface area contributed by atoms with Gasteiger partial charge in [-0.2, -0.15) is 9.97 Å². The number of rotatable bonds is 5. The zero-order chi connectivity index (χ0) is 24.6. The molecule has 0 spiro atoms. The molecule has 36 heavy (non-hydrogen) atoms. The summed E-state index contributed by atoms with van der Waals surface area (Å²) in [6.07, 6.45) is 5.54. The van der Waals surface area contributed by atoms with E-state index in [-0.39, 0.29) is 17.8 Å². The van der Waals surface area contributed by atoms with Crippen molar-refractivity contribution in [2.75, 3.05) is 36.5 Å². The first-order chi connectivity index (χ1) is 17.6. The molecule has 1 aromatic carbocycles. The van der Waals surface area contributed by atoms with Crippen molar-refractivity contribution in [3.8, 4) is 5.88 Å². The maximum absolute atomic E-state index is 12.2. The molecule has 0 atom stereocenters. The van der Waals surface area contributed by atoms with Crippen molar-refractivity contribution in [1.29, 1.82) is 0 Å². The monoisotopic (exact) mass is 489 g/mol. The van der Waals surface area contributed by atoms with Gasteiger partial charge in [0.25, 0.3) is 0 Å². The molecule has 10 nitrogen and oxygen atoms in total. The fourth-order valence-corrected chi connectivity index (χ4v) is 5.20. The summed E-state index contributed by atoms with van der Waals surface area (Å²) in [6.45, 7) is 3.12. The van der Waals surface area contributed by atoms with Crippen LogP contribution in [0.5, 0.6) is 5.88 Å². The van der Waals surface area contributed by atoms with Crippen LogP contribution in [0.1, 0.15) is 25.7 Å². The normalized spacial score (nSPS) is 20.7. The lowest BCUT2D eigenvalue weighted by Crippen LogP contribution is -2.37. The van der Waals surface area contributed by atoms with Crippen LogP contribution in [-0.2, 0) is 18.8 Å². The van der Waals surface area contributed by atoms with Crippen LogP contribution in [0.15, 0.2) is 41.3 Å². The smallest absolute Gasteiger partial charge is 0.329 e. The summed E-state index contributed by atoms with van der Waals surface area (Å²) in [5.74, 6) is 2.22. The van der Waals surface area contributed by atoms with Crippen molar-refractivity contribution >= 4 is 33.7 Å². The third-order valence-electron chi connectivity index (χ3n) is 7.32. The van der Waals surface area contributed by atoms with E-state index in [2.05, 4.69) is 44.5 Å². The highest BCUT2D eigenvalue weighted by Gasteiger charge is 2.25. The van der Waals surface area contributed by atoms with Crippen LogP contribution in [0.4, 0.5) is 11.8 Å². The lowest BCUT2D eigenvalue weighted by atomic mass is 9.93. The molecule has 0 unspecified atom stereocenters. The minimum atomic E-state index is -0.104. The summed E-state index contributed by atoms with van der Waals surface area (Å²) >= 11 is 0. The number of fused-ring (bicyclic) bond motifs is 2. The topological polar surface area (TPSA) is 99.3 Å². The summed E-state index contributed by atoms with van der Waals surface area (Å²) < 4.78 is 15.1. The number of hydrogen-bond acceptors (Lipinski definition) is 8. The summed E-state index contributed by atoms with van der Waals surface area (Å²) in [5.41, 5.74) is 1.26. The number of nitrogens with zero attached hydrogens (tertiary/aromatic N) is 6. The Bertz CT molecular complexity index is 1450. The first-order valence-corrected chi connectivity index (χ1v) is 12.6. The molecule has 188 valence electrons. The van der Waals surface area contributed by atoms with Gasteiger partial charge in [0.15, 0.2) is 5.65 Å². The van der Waals surface area contributed by atoms with Gasteiger partial charge in [-0.25, -0.2) is 9.78 Å². The Hall–Kier alpha value is -3.66. The molecule has 0 radical (unpaired) electrons. The fourth-order valence-electron chi connectivity index (χ4n) is 5.20. The van der Waals surface area contributed by atoms with E-state index in [1.54, 1.807) is 29.4 Å². The number of aryl methyl sites for hydroxylation is 2. The average Bonchev–Trinajstić information content (AvgIpc) is 3.13. The number of hydrogen-bond donors (Lipinski definition) is 1. The van der Waals surface area contributed by atoms with Gasteiger partial charge in [0.2, 0.25) is 11.8 Å². The van der Waals surface area contributed by atoms with Crippen LogP contribution >= 0.6 is 0 Å². The molecule has 10 heteroatoms. The van der Waals surface area contributed by atoms with Gasteiger partial charge in [-0.1, -0.05) is 18.2 Å². The van der Waals surface area contributed by atoms with Crippen molar-refractivity contribution in [1.82, 2.24) is 24.1 Å². The molecule has 0 bridgehead atoms. The standard InChI is InChI=1S/C26H31N7O3/c1-31-21-16-27-25(30-23(21)32(2)26(31)34)28-18-7-9-19(10-8-18)36-24-20-6-4-3-5-17(20)15-22(29-24)33-11-13-35-14-12-33/h3-6,15-16,18-19H,7-14H2,1-2H3,(H,27,28,30). The van der Waals surface area contributed by atoms with Gasteiger partial charge in [0.1, 0.15) is 17.4 Å². The van der Waals surface area contributed by atoms with Gasteiger partial charge in [0, 0.05) is 38.6 Å². The molecule has 1 aliphatic heterocycles. The van der Waals surface area contributed by atoms with Crippen LogP contribution in [0.3, 0.4) is 0 Å². The number of anilines is 2. The van der Waals surface area contributed by atoms with Gasteiger partial charge >= 0.3 is 5.69 Å². The Balaban J connectivity index is 1.14. The Labute approximate surface area is 208 Å². The summed E-state index contributed by atoms with van der Waals surface area (Å²) in [6, 6.07) is 10.7. The van der Waals surface area contributed by atoms with Gasteiger partial charge < -0.3 is 19.7 Å². The Morgan fingerprint density at radius 2 is 1.81 bits per heavy atom. The van der Waals surface area contributed by atoms with Crippen LogP contribution in [-0.4, -0.2) is 62.5 Å². The summed E-state index contributed by atoms with van der Waals surface area (Å²) in [7, 11) is 3.47. The molecule has 1 saturated heterocycles. The molecule has 6 rings (SSSR count). The lowest BCUT2D eigenvalue weighted by molar-refractivity contribution is 0.122. The molecule has 2 aliphatic rings. The Kier molecular flexibility index (Phi) is 5.96. The second-order valence-corrected chi connectivity index (χ2v) is 9.65. The van der Waals surface area contributed by atoms with Crippen molar-refractivity contribution in [2.24, 2.45) is 14.1 Å². The minimum absolute atomic E-state index is 0.104. The Morgan fingerprint density at radius 3 is 2.61 bits per heavy atom. The highest BCUT2D eigenvalue weighted by atomic mass is 16.5. The third kappa shape index (κ3) is 4.26. The largest absolute Gasteiger partial charge is 0.474 e. The highest BCUT2D eigenvalue weighted by Crippen LogP contribution is 2.32. The molecule has 1 N–H and O–H groups in total. The molecule has 1 aliphatic carbocycles. The second kappa shape index (κ2) is 9.42. The van der Waals surface area contributed by atoms with E-state index in [0.29, 0.717) is 17.5 Å². The van der Waals surface area contributed by atoms with Crippen LogP contribution in [0.25, 0.3) is 21.9 Å². The molecule has 1 saturated carbocycles. The molecule has 0 amide bonds. The molecular weight excluding hydrogens is 458 g/mol. The predicted molar refractivity (Wildman–Crippen MR) is 139 cm³/mol. The van der Waals surface area contributed by atoms with E-state index < -0.39 is 0 Å². The zero-order valence-corrected chi connectivity index (χ0v) is 20.7. The molecule has 4 heterocycles. The first-order valence-electron chi connectivity index (χ1n) is 12.6. The maximum Gasteiger partial charge on any atom is 0.329 e. The van der Waals surface area contributed by atoms with Gasteiger partial charge in [-0.15, -0.1) is 0 Å². The summed E-state index contributed by atoms with van der Waals surface area (Å²) in [5, 5.41) is 5.65. The van der Waals surface area contributed by atoms with E-state index in [9.17, 15) is 4.79 Å². The van der Waals surface area contributed by atoms with Crippen molar-refractivity contribution in [2.45, 2.75) is 37.8 Å². The quantitative estimate of drug-likeness (QED) is 0.457. The molecular formula is C26H31N7O3. The number of morpholine rings is 1. The predicted octanol–water partition coefficient (Wildman–Crippen LogP) is 2.85. The average molecular weight is 490 g/mol. The van der Waals surface area contributed by atoms with E-state index in [1.165, 1.54) is 0 Å². The number of ether oxygens (including phenoxy) is 2. The van der Waals surface area contributed by atoms with E-state index in [4.69, 9.17) is 14.5 Å². The first kappa shape index (κ1) is 22.8. The number of benzene rings is 1.